The van der Waals surface area contributed by atoms with E-state index in [1.54, 1.807) is 0 Å². The number of rotatable bonds is 41. The molecular weight excluding hydrogens is 683 g/mol. The first-order valence-corrected chi connectivity index (χ1v) is 24.0. The van der Waals surface area contributed by atoms with E-state index in [0.29, 0.717) is 23.9 Å². The quantitative estimate of drug-likeness (QED) is 0.0277. The van der Waals surface area contributed by atoms with Gasteiger partial charge in [-0.1, -0.05) is 180 Å². The molecule has 8 nitrogen and oxygen atoms in total. The molecule has 2 N–H and O–H groups in total. The van der Waals surface area contributed by atoms with Crippen LogP contribution in [0.25, 0.3) is 0 Å². The van der Waals surface area contributed by atoms with Gasteiger partial charge >= 0.3 is 0 Å². The Hall–Kier alpha value is -0.760. The van der Waals surface area contributed by atoms with Crippen molar-refractivity contribution in [2.45, 2.75) is 225 Å². The Morgan fingerprint density at radius 3 is 1.49 bits per heavy atom. The number of unbranched alkanes of at least 4 members (excludes halogenated alkanes) is 26. The van der Waals surface area contributed by atoms with Gasteiger partial charge < -0.3 is 28.8 Å². The summed E-state index contributed by atoms with van der Waals surface area (Å²) in [4.78, 5) is 25.3. The van der Waals surface area contributed by atoms with Gasteiger partial charge in [-0.3, -0.25) is 9.36 Å². The van der Waals surface area contributed by atoms with Crippen LogP contribution in [-0.2, 0) is 18.4 Å². The fourth-order valence-electron chi connectivity index (χ4n) is 6.62. The fraction of sp³-hybridized carbons (Fsp3) is 0.932. The van der Waals surface area contributed by atoms with E-state index in [4.69, 9.17) is 9.05 Å². The third-order valence-corrected chi connectivity index (χ3v) is 11.2. The summed E-state index contributed by atoms with van der Waals surface area (Å²) in [5, 5.41) is 13.9. The molecule has 0 aliphatic carbocycles. The molecule has 0 spiro atoms. The van der Waals surface area contributed by atoms with E-state index >= 15 is 0 Å². The molecule has 0 aromatic heterocycles. The molecule has 0 radical (unpaired) electrons. The van der Waals surface area contributed by atoms with Crippen LogP contribution in [-0.4, -0.2) is 68.5 Å². The molecule has 0 aliphatic rings. The molecule has 3 unspecified atom stereocenters. The molecule has 0 aromatic rings. The minimum absolute atomic E-state index is 0.0124. The van der Waals surface area contributed by atoms with Gasteiger partial charge in [-0.25, -0.2) is 0 Å². The number of aliphatic hydroxyl groups excluding tert-OH is 1. The average molecular weight is 773 g/mol. The second-order valence-corrected chi connectivity index (χ2v) is 18.2. The van der Waals surface area contributed by atoms with Crippen molar-refractivity contribution < 1.29 is 32.9 Å². The van der Waals surface area contributed by atoms with Gasteiger partial charge in [0.25, 0.3) is 7.82 Å². The number of likely N-dealkylation sites (N-methyl/N-ethyl adjacent to an activating group) is 1. The summed E-state index contributed by atoms with van der Waals surface area (Å²) >= 11 is 0. The normalized spacial score (nSPS) is 14.5. The maximum atomic E-state index is 12.8. The number of carbonyl (C=O) groups is 1. The second kappa shape index (κ2) is 36.9. The van der Waals surface area contributed by atoms with Crippen molar-refractivity contribution in [3.8, 4) is 0 Å². The number of quaternary nitrogens is 1. The maximum Gasteiger partial charge on any atom is 0.268 e. The molecule has 9 heteroatoms. The number of aliphatic hydroxyl groups is 1. The number of nitrogens with one attached hydrogen (secondary N) is 1. The lowest BCUT2D eigenvalue weighted by Gasteiger charge is -2.30. The summed E-state index contributed by atoms with van der Waals surface area (Å²) in [6, 6.07) is -0.800. The number of allylic oxidation sites excluding steroid dienone is 2. The first-order chi connectivity index (χ1) is 25.5. The van der Waals surface area contributed by atoms with Gasteiger partial charge in [0.15, 0.2) is 0 Å². The molecule has 0 saturated heterocycles. The summed E-state index contributed by atoms with van der Waals surface area (Å²) in [5.41, 5.74) is 0. The lowest BCUT2D eigenvalue weighted by Crippen LogP contribution is -2.46. The maximum absolute atomic E-state index is 12.8. The molecule has 53 heavy (non-hydrogen) atoms. The van der Waals surface area contributed by atoms with Gasteiger partial charge in [0.2, 0.25) is 5.91 Å². The molecule has 0 bridgehead atoms. The van der Waals surface area contributed by atoms with Gasteiger partial charge in [0.1, 0.15) is 13.2 Å². The van der Waals surface area contributed by atoms with Crippen molar-refractivity contribution in [2.24, 2.45) is 0 Å². The molecule has 3 atom stereocenters. The van der Waals surface area contributed by atoms with Gasteiger partial charge in [-0.15, -0.1) is 0 Å². The molecular formula is C44H89N2O6P. The van der Waals surface area contributed by atoms with Crippen LogP contribution in [0.5, 0.6) is 0 Å². The van der Waals surface area contributed by atoms with E-state index in [0.717, 1.165) is 51.4 Å². The monoisotopic (exact) mass is 773 g/mol. The van der Waals surface area contributed by atoms with Crippen molar-refractivity contribution in [3.63, 3.8) is 0 Å². The van der Waals surface area contributed by atoms with Crippen molar-refractivity contribution in [2.75, 3.05) is 40.9 Å². The van der Waals surface area contributed by atoms with Crippen LogP contribution in [0.15, 0.2) is 12.2 Å². The van der Waals surface area contributed by atoms with Crippen molar-refractivity contribution in [3.05, 3.63) is 12.2 Å². The number of nitrogens with zero attached hydrogens (tertiary/aromatic N) is 1. The highest BCUT2D eigenvalue weighted by molar-refractivity contribution is 7.45. The second-order valence-electron chi connectivity index (χ2n) is 16.8. The third-order valence-electron chi connectivity index (χ3n) is 10.3. The first kappa shape index (κ1) is 52.2. The number of amides is 1. The standard InChI is InChI=1S/C44H89N2O6P/c1-6-8-10-12-14-16-18-20-21-22-23-24-26-27-29-31-33-35-37-43(47)42(41-52-53(49,50)51-40-39-46(3,4)5)45-44(48)38-36-34-32-30-28-25-19-17-15-13-11-9-7-2/h17,19,42-43,47H,6-16,18,20-41H2,1-5H3,(H-,45,48,49,50)/b19-17-. The minimum Gasteiger partial charge on any atom is -0.756 e. The van der Waals surface area contributed by atoms with E-state index in [2.05, 4.69) is 31.3 Å². The smallest absolute Gasteiger partial charge is 0.268 e. The largest absolute Gasteiger partial charge is 0.756 e. The highest BCUT2D eigenvalue weighted by atomic mass is 31.2. The molecule has 0 saturated carbocycles. The Kier molecular flexibility index (Phi) is 36.3. The summed E-state index contributed by atoms with van der Waals surface area (Å²) in [5.74, 6) is -0.173. The van der Waals surface area contributed by atoms with Gasteiger partial charge in [0.05, 0.1) is 39.9 Å². The first-order valence-electron chi connectivity index (χ1n) is 22.5. The molecule has 316 valence electrons. The Morgan fingerprint density at radius 1 is 0.642 bits per heavy atom. The van der Waals surface area contributed by atoms with E-state index in [1.165, 1.54) is 135 Å². The minimum atomic E-state index is -4.56. The zero-order chi connectivity index (χ0) is 39.3. The van der Waals surface area contributed by atoms with Crippen LogP contribution in [0.4, 0.5) is 0 Å². The number of hydrogen-bond acceptors (Lipinski definition) is 6. The summed E-state index contributed by atoms with van der Waals surface area (Å²) in [6.45, 7) is 4.71. The highest BCUT2D eigenvalue weighted by Crippen LogP contribution is 2.38. The molecule has 0 rings (SSSR count). The Labute approximate surface area is 329 Å². The van der Waals surface area contributed by atoms with Crippen molar-refractivity contribution in [1.29, 1.82) is 0 Å². The number of hydrogen-bond donors (Lipinski definition) is 2. The van der Waals surface area contributed by atoms with E-state index in [9.17, 15) is 19.4 Å². The van der Waals surface area contributed by atoms with Crippen LogP contribution < -0.4 is 10.2 Å². The predicted molar refractivity (Wildman–Crippen MR) is 224 cm³/mol. The zero-order valence-electron chi connectivity index (χ0n) is 35.7. The molecule has 0 fully saturated rings. The zero-order valence-corrected chi connectivity index (χ0v) is 36.6. The number of phosphoric ester groups is 1. The van der Waals surface area contributed by atoms with Crippen molar-refractivity contribution >= 4 is 13.7 Å². The number of phosphoric acid groups is 1. The van der Waals surface area contributed by atoms with Gasteiger partial charge in [0, 0.05) is 6.42 Å². The molecule has 0 aliphatic heterocycles. The average Bonchev–Trinajstić information content (AvgIpc) is 3.10. The lowest BCUT2D eigenvalue weighted by molar-refractivity contribution is -0.870. The van der Waals surface area contributed by atoms with E-state index < -0.39 is 20.0 Å². The van der Waals surface area contributed by atoms with Crippen LogP contribution in [0, 0.1) is 0 Å². The molecule has 1 amide bonds. The highest BCUT2D eigenvalue weighted by Gasteiger charge is 2.24. The van der Waals surface area contributed by atoms with E-state index in [1.807, 2.05) is 21.1 Å². The molecule has 0 aromatic carbocycles. The summed E-state index contributed by atoms with van der Waals surface area (Å²) < 4.78 is 23.3. The van der Waals surface area contributed by atoms with Crippen LogP contribution in [0.2, 0.25) is 0 Å². The van der Waals surface area contributed by atoms with Crippen LogP contribution >= 0.6 is 7.82 Å². The van der Waals surface area contributed by atoms with Gasteiger partial charge in [-0.2, -0.15) is 0 Å². The van der Waals surface area contributed by atoms with E-state index in [-0.39, 0.29) is 19.1 Å². The van der Waals surface area contributed by atoms with Gasteiger partial charge in [-0.05, 0) is 38.5 Å². The molecule has 0 heterocycles. The number of carbonyl (C=O) groups excluding carboxylic acids is 1. The summed E-state index contributed by atoms with van der Waals surface area (Å²) in [6.07, 6.45) is 40.7. The Morgan fingerprint density at radius 2 is 1.04 bits per heavy atom. The van der Waals surface area contributed by atoms with Crippen LogP contribution in [0.3, 0.4) is 0 Å². The SMILES string of the molecule is CCCCCC/C=C\CCCCCCCC(=O)NC(COP(=O)([O-])OCC[N+](C)(C)C)C(O)CCCCCCCCCCCCCCCCCCCC. The van der Waals surface area contributed by atoms with Crippen LogP contribution in [0.1, 0.15) is 213 Å². The summed E-state index contributed by atoms with van der Waals surface area (Å²) in [7, 11) is 1.30. The van der Waals surface area contributed by atoms with Crippen molar-refractivity contribution in [1.82, 2.24) is 5.32 Å². The third kappa shape index (κ3) is 39.3. The Bertz CT molecular complexity index is 880. The topological polar surface area (TPSA) is 108 Å². The Balaban J connectivity index is 4.34. The fourth-order valence-corrected chi connectivity index (χ4v) is 7.35. The lowest BCUT2D eigenvalue weighted by atomic mass is 10.0. The predicted octanol–water partition coefficient (Wildman–Crippen LogP) is 11.7.